The van der Waals surface area contributed by atoms with Crippen LogP contribution in [0.5, 0.6) is 0 Å². The normalized spacial score (nSPS) is 14.6. The Morgan fingerprint density at radius 3 is 2.61 bits per heavy atom. The van der Waals surface area contributed by atoms with Crippen LogP contribution in [0, 0.1) is 6.92 Å². The molecule has 0 aliphatic carbocycles. The van der Waals surface area contributed by atoms with Gasteiger partial charge in [-0.15, -0.1) is 15.3 Å². The van der Waals surface area contributed by atoms with Gasteiger partial charge in [0, 0.05) is 24.5 Å². The van der Waals surface area contributed by atoms with Crippen molar-refractivity contribution in [1.29, 1.82) is 0 Å². The van der Waals surface area contributed by atoms with Crippen molar-refractivity contribution in [3.63, 3.8) is 0 Å². The molecule has 1 aliphatic rings. The van der Waals surface area contributed by atoms with Gasteiger partial charge in [0.05, 0.1) is 0 Å². The number of hydrogen-bond donors (Lipinski definition) is 1. The number of hydrogen-bond acceptors (Lipinski definition) is 6. The van der Waals surface area contributed by atoms with E-state index in [1.165, 1.54) is 29.9 Å². The van der Waals surface area contributed by atoms with Gasteiger partial charge >= 0.3 is 0 Å². The molecule has 1 saturated heterocycles. The predicted octanol–water partition coefficient (Wildman–Crippen LogP) is 2.35. The Morgan fingerprint density at radius 1 is 1.17 bits per heavy atom. The van der Waals surface area contributed by atoms with Crippen LogP contribution in [-0.2, 0) is 0 Å². The summed E-state index contributed by atoms with van der Waals surface area (Å²) in [7, 11) is 0. The minimum Gasteiger partial charge on any atom is -0.372 e. The van der Waals surface area contributed by atoms with E-state index in [4.69, 9.17) is 0 Å². The molecule has 3 aromatic rings. The van der Waals surface area contributed by atoms with E-state index in [1.807, 2.05) is 24.3 Å². The fourth-order valence-electron chi connectivity index (χ4n) is 2.72. The highest BCUT2D eigenvalue weighted by Gasteiger charge is 2.16. The number of rotatable bonds is 3. The third-order valence-corrected chi connectivity index (χ3v) is 4.83. The minimum absolute atomic E-state index is 0.228. The van der Waals surface area contributed by atoms with Gasteiger partial charge in [0.2, 0.25) is 9.97 Å². The fraction of sp³-hybridized carbons (Fsp3) is 0.333. The summed E-state index contributed by atoms with van der Waals surface area (Å²) < 4.78 is 1.58. The molecule has 1 amide bonds. The van der Waals surface area contributed by atoms with Crippen LogP contribution in [0.15, 0.2) is 24.3 Å². The Labute approximate surface area is 136 Å². The molecule has 1 aliphatic heterocycles. The van der Waals surface area contributed by atoms with Crippen molar-refractivity contribution in [3.05, 3.63) is 35.1 Å². The Balaban J connectivity index is 1.49. The number of anilines is 2. The van der Waals surface area contributed by atoms with Crippen LogP contribution in [0.2, 0.25) is 0 Å². The summed E-state index contributed by atoms with van der Waals surface area (Å²) in [5.41, 5.74) is 1.97. The predicted molar refractivity (Wildman–Crippen MR) is 89.2 cm³/mol. The second-order valence-corrected chi connectivity index (χ2v) is 6.50. The van der Waals surface area contributed by atoms with E-state index in [0.717, 1.165) is 18.8 Å². The molecule has 2 aromatic heterocycles. The fourth-order valence-corrected chi connectivity index (χ4v) is 3.50. The molecule has 1 aromatic carbocycles. The highest BCUT2D eigenvalue weighted by Crippen LogP contribution is 2.22. The van der Waals surface area contributed by atoms with Crippen LogP contribution in [0.3, 0.4) is 0 Å². The standard InChI is InChI=1S/C15H16N6OS/c1-10-17-18-15-21(10)19-14(23-15)13(22)16-11-4-6-12(7-5-11)20-8-2-3-9-20/h4-7H,2-3,8-9H2,1H3,(H,16,22). The molecule has 1 N–H and O–H groups in total. The Hall–Kier alpha value is -2.48. The molecule has 0 spiro atoms. The molecular weight excluding hydrogens is 312 g/mol. The summed E-state index contributed by atoms with van der Waals surface area (Å²) in [6.07, 6.45) is 2.50. The lowest BCUT2D eigenvalue weighted by atomic mass is 10.2. The van der Waals surface area contributed by atoms with Gasteiger partial charge in [-0.1, -0.05) is 11.3 Å². The van der Waals surface area contributed by atoms with Gasteiger partial charge in [0.1, 0.15) is 0 Å². The number of amides is 1. The highest BCUT2D eigenvalue weighted by molar-refractivity contribution is 7.18. The Bertz CT molecular complexity index is 847. The van der Waals surface area contributed by atoms with Crippen LogP contribution < -0.4 is 10.2 Å². The van der Waals surface area contributed by atoms with Crippen molar-refractivity contribution in [2.45, 2.75) is 19.8 Å². The van der Waals surface area contributed by atoms with Crippen molar-refractivity contribution >= 4 is 33.6 Å². The van der Waals surface area contributed by atoms with Crippen molar-refractivity contribution < 1.29 is 4.79 Å². The van der Waals surface area contributed by atoms with Crippen molar-refractivity contribution in [1.82, 2.24) is 19.8 Å². The lowest BCUT2D eigenvalue weighted by molar-refractivity contribution is 0.102. The van der Waals surface area contributed by atoms with E-state index >= 15 is 0 Å². The van der Waals surface area contributed by atoms with E-state index in [2.05, 4.69) is 25.5 Å². The molecule has 118 valence electrons. The summed E-state index contributed by atoms with van der Waals surface area (Å²) in [5, 5.41) is 15.4. The first kappa shape index (κ1) is 14.1. The molecule has 3 heterocycles. The van der Waals surface area contributed by atoms with Gasteiger partial charge in [-0.05, 0) is 44.0 Å². The molecule has 23 heavy (non-hydrogen) atoms. The number of nitrogens with zero attached hydrogens (tertiary/aromatic N) is 5. The molecule has 1 fully saturated rings. The molecule has 8 heteroatoms. The maximum atomic E-state index is 12.3. The topological polar surface area (TPSA) is 75.4 Å². The second kappa shape index (κ2) is 5.62. The number of benzene rings is 1. The van der Waals surface area contributed by atoms with Gasteiger partial charge in [-0.3, -0.25) is 4.79 Å². The van der Waals surface area contributed by atoms with Gasteiger partial charge in [-0.25, -0.2) is 0 Å². The zero-order valence-corrected chi connectivity index (χ0v) is 13.5. The average Bonchev–Trinajstić information content (AvgIpc) is 3.27. The van der Waals surface area contributed by atoms with Crippen LogP contribution in [0.4, 0.5) is 11.4 Å². The zero-order valence-electron chi connectivity index (χ0n) is 12.7. The van der Waals surface area contributed by atoms with Crippen LogP contribution in [-0.4, -0.2) is 38.8 Å². The Kier molecular flexibility index (Phi) is 3.45. The lowest BCUT2D eigenvalue weighted by Crippen LogP contribution is -2.17. The summed E-state index contributed by atoms with van der Waals surface area (Å²) >= 11 is 1.23. The monoisotopic (exact) mass is 328 g/mol. The van der Waals surface area contributed by atoms with Crippen LogP contribution in [0.25, 0.3) is 4.96 Å². The van der Waals surface area contributed by atoms with E-state index < -0.39 is 0 Å². The quantitative estimate of drug-likeness (QED) is 0.799. The summed E-state index contributed by atoms with van der Waals surface area (Å²) in [5.74, 6) is 0.444. The van der Waals surface area contributed by atoms with E-state index in [9.17, 15) is 4.79 Å². The van der Waals surface area contributed by atoms with Gasteiger partial charge in [0.15, 0.2) is 5.82 Å². The van der Waals surface area contributed by atoms with Crippen LogP contribution in [0.1, 0.15) is 28.5 Å². The lowest BCUT2D eigenvalue weighted by Gasteiger charge is -2.17. The Morgan fingerprint density at radius 2 is 1.91 bits per heavy atom. The minimum atomic E-state index is -0.228. The number of fused-ring (bicyclic) bond motifs is 1. The summed E-state index contributed by atoms with van der Waals surface area (Å²) in [6, 6.07) is 7.95. The first-order valence-electron chi connectivity index (χ1n) is 7.56. The number of carbonyl (C=O) groups is 1. The van der Waals surface area contributed by atoms with E-state index in [-0.39, 0.29) is 5.91 Å². The molecular formula is C15H16N6OS. The van der Waals surface area contributed by atoms with Crippen molar-refractivity contribution in [2.24, 2.45) is 0 Å². The van der Waals surface area contributed by atoms with Gasteiger partial charge in [0.25, 0.3) is 5.91 Å². The molecule has 0 radical (unpaired) electrons. The first-order valence-corrected chi connectivity index (χ1v) is 8.37. The van der Waals surface area contributed by atoms with E-state index in [0.29, 0.717) is 15.8 Å². The summed E-state index contributed by atoms with van der Waals surface area (Å²) in [6.45, 7) is 4.02. The number of nitrogens with one attached hydrogen (secondary N) is 1. The third kappa shape index (κ3) is 2.65. The maximum Gasteiger partial charge on any atom is 0.286 e. The number of aromatic nitrogens is 4. The number of aryl methyl sites for hydroxylation is 1. The summed E-state index contributed by atoms with van der Waals surface area (Å²) in [4.78, 5) is 15.3. The first-order chi connectivity index (χ1) is 11.2. The molecule has 0 bridgehead atoms. The smallest absolute Gasteiger partial charge is 0.286 e. The van der Waals surface area contributed by atoms with Crippen LogP contribution >= 0.6 is 11.3 Å². The highest BCUT2D eigenvalue weighted by atomic mass is 32.1. The van der Waals surface area contributed by atoms with Gasteiger partial charge < -0.3 is 10.2 Å². The zero-order chi connectivity index (χ0) is 15.8. The van der Waals surface area contributed by atoms with Gasteiger partial charge in [-0.2, -0.15) is 4.52 Å². The average molecular weight is 328 g/mol. The largest absolute Gasteiger partial charge is 0.372 e. The molecule has 4 rings (SSSR count). The molecule has 0 atom stereocenters. The molecule has 0 unspecified atom stereocenters. The molecule has 7 nitrogen and oxygen atoms in total. The molecule has 0 saturated carbocycles. The number of carbonyl (C=O) groups excluding carboxylic acids is 1. The maximum absolute atomic E-state index is 12.3. The SMILES string of the molecule is Cc1nnc2sc(C(=O)Nc3ccc(N4CCCC4)cc3)nn12. The van der Waals surface area contributed by atoms with E-state index in [1.54, 1.807) is 11.4 Å². The third-order valence-electron chi connectivity index (χ3n) is 3.94. The van der Waals surface area contributed by atoms with Crippen molar-refractivity contribution in [3.8, 4) is 0 Å². The second-order valence-electron chi connectivity index (χ2n) is 5.54. The van der Waals surface area contributed by atoms with Crippen molar-refractivity contribution in [2.75, 3.05) is 23.3 Å².